The van der Waals surface area contributed by atoms with Gasteiger partial charge in [-0.3, -0.25) is 4.79 Å². The topological polar surface area (TPSA) is 42.0 Å². The van der Waals surface area contributed by atoms with E-state index in [1.807, 2.05) is 13.8 Å². The largest absolute Gasteiger partial charge is 0.353 e. The molecule has 3 nitrogen and oxygen atoms in total. The molecule has 1 heterocycles. The number of carbonyl (C=O) groups excluding carboxylic acids is 1. The molecular weight excluding hydrogens is 268 g/mol. The molecule has 0 fully saturated rings. The van der Waals surface area contributed by atoms with Gasteiger partial charge >= 0.3 is 0 Å². The number of hydrogen-bond acceptors (Lipinski definition) is 3. The number of thioether (sulfide) groups is 1. The van der Waals surface area contributed by atoms with Crippen LogP contribution in [-0.4, -0.2) is 22.7 Å². The first-order valence-corrected chi connectivity index (χ1v) is 7.75. The predicted octanol–water partition coefficient (Wildman–Crippen LogP) is 3.47. The van der Waals surface area contributed by atoms with Gasteiger partial charge in [0.1, 0.15) is 0 Å². The first-order chi connectivity index (χ1) is 9.47. The number of nitrogens with one attached hydrogen (secondary N) is 1. The Morgan fingerprint density at radius 1 is 1.30 bits per heavy atom. The number of benzene rings is 1. The maximum Gasteiger partial charge on any atom is 0.230 e. The highest BCUT2D eigenvalue weighted by Crippen LogP contribution is 2.25. The summed E-state index contributed by atoms with van der Waals surface area (Å²) in [6, 6.07) is 8.43. The monoisotopic (exact) mass is 288 g/mol. The lowest BCUT2D eigenvalue weighted by Crippen LogP contribution is -2.31. The zero-order valence-electron chi connectivity index (χ0n) is 12.4. The van der Waals surface area contributed by atoms with Crippen LogP contribution < -0.4 is 5.32 Å². The van der Waals surface area contributed by atoms with Gasteiger partial charge in [0.05, 0.1) is 16.3 Å². The second-order valence-corrected chi connectivity index (χ2v) is 6.25. The van der Waals surface area contributed by atoms with E-state index in [9.17, 15) is 4.79 Å². The molecule has 2 rings (SSSR count). The summed E-state index contributed by atoms with van der Waals surface area (Å²) in [5, 5.41) is 4.98. The van der Waals surface area contributed by atoms with Gasteiger partial charge < -0.3 is 5.32 Å². The van der Waals surface area contributed by atoms with Crippen LogP contribution in [0.25, 0.3) is 10.9 Å². The molecule has 0 aliphatic heterocycles. The van der Waals surface area contributed by atoms with Gasteiger partial charge in [0.25, 0.3) is 0 Å². The van der Waals surface area contributed by atoms with Crippen molar-refractivity contribution in [3.05, 3.63) is 35.4 Å². The van der Waals surface area contributed by atoms with E-state index in [1.54, 1.807) is 0 Å². The third-order valence-corrected chi connectivity index (χ3v) is 3.94. The molecule has 20 heavy (non-hydrogen) atoms. The summed E-state index contributed by atoms with van der Waals surface area (Å²) in [6.07, 6.45) is 0. The Kier molecular flexibility index (Phi) is 4.65. The average Bonchev–Trinajstić information content (AvgIpc) is 2.37. The molecule has 106 valence electrons. The van der Waals surface area contributed by atoms with Crippen molar-refractivity contribution in [2.45, 2.75) is 38.8 Å². The van der Waals surface area contributed by atoms with Crippen molar-refractivity contribution in [2.24, 2.45) is 0 Å². The summed E-state index contributed by atoms with van der Waals surface area (Å²) in [5.41, 5.74) is 3.39. The highest BCUT2D eigenvalue weighted by atomic mass is 32.2. The number of carbonyl (C=O) groups is 1. The van der Waals surface area contributed by atoms with E-state index in [0.717, 1.165) is 10.5 Å². The highest BCUT2D eigenvalue weighted by molar-refractivity contribution is 7.99. The Morgan fingerprint density at radius 2 is 2.05 bits per heavy atom. The third kappa shape index (κ3) is 3.51. The second-order valence-electron chi connectivity index (χ2n) is 5.26. The molecule has 0 spiro atoms. The van der Waals surface area contributed by atoms with Crippen LogP contribution >= 0.6 is 11.8 Å². The molecule has 0 atom stereocenters. The Balaban J connectivity index is 2.19. The molecule has 1 aromatic carbocycles. The van der Waals surface area contributed by atoms with Crippen molar-refractivity contribution in [1.82, 2.24) is 10.3 Å². The molecule has 0 aliphatic rings. The Bertz CT molecular complexity index is 638. The summed E-state index contributed by atoms with van der Waals surface area (Å²) in [4.78, 5) is 16.4. The van der Waals surface area contributed by atoms with Gasteiger partial charge in [-0.05, 0) is 44.9 Å². The van der Waals surface area contributed by atoms with Crippen LogP contribution in [0.1, 0.15) is 25.0 Å². The summed E-state index contributed by atoms with van der Waals surface area (Å²) < 4.78 is 0. The maximum atomic E-state index is 11.7. The molecule has 0 saturated carbocycles. The fourth-order valence-electron chi connectivity index (χ4n) is 2.11. The van der Waals surface area contributed by atoms with Crippen molar-refractivity contribution in [1.29, 1.82) is 0 Å². The van der Waals surface area contributed by atoms with Crippen LogP contribution in [0.15, 0.2) is 29.3 Å². The SMILES string of the molecule is Cc1cc(SCC(=O)NC(C)C)nc2c(C)cccc12. The van der Waals surface area contributed by atoms with Gasteiger partial charge in [0, 0.05) is 11.4 Å². The number of pyridine rings is 1. The Morgan fingerprint density at radius 3 is 2.75 bits per heavy atom. The quantitative estimate of drug-likeness (QED) is 0.876. The first kappa shape index (κ1) is 14.9. The third-order valence-electron chi connectivity index (χ3n) is 3.03. The van der Waals surface area contributed by atoms with E-state index in [0.29, 0.717) is 5.75 Å². The zero-order chi connectivity index (χ0) is 14.7. The average molecular weight is 288 g/mol. The number of aromatic nitrogens is 1. The molecule has 0 saturated heterocycles. The first-order valence-electron chi connectivity index (χ1n) is 6.76. The van der Waals surface area contributed by atoms with Crippen LogP contribution in [-0.2, 0) is 4.79 Å². The van der Waals surface area contributed by atoms with Gasteiger partial charge in [-0.1, -0.05) is 30.0 Å². The number of fused-ring (bicyclic) bond motifs is 1. The minimum Gasteiger partial charge on any atom is -0.353 e. The summed E-state index contributed by atoms with van der Waals surface area (Å²) in [6.45, 7) is 8.07. The Hall–Kier alpha value is -1.55. The van der Waals surface area contributed by atoms with Gasteiger partial charge in [-0.2, -0.15) is 0 Å². The van der Waals surface area contributed by atoms with E-state index in [-0.39, 0.29) is 11.9 Å². The Labute approximate surface area is 124 Å². The molecule has 4 heteroatoms. The van der Waals surface area contributed by atoms with Gasteiger partial charge in [0.2, 0.25) is 5.91 Å². The van der Waals surface area contributed by atoms with E-state index >= 15 is 0 Å². The van der Waals surface area contributed by atoms with E-state index in [2.05, 4.69) is 48.4 Å². The van der Waals surface area contributed by atoms with Gasteiger partial charge in [-0.25, -0.2) is 4.98 Å². The molecule has 1 N–H and O–H groups in total. The minimum atomic E-state index is 0.0503. The molecular formula is C16H20N2OS. The van der Waals surface area contributed by atoms with E-state index < -0.39 is 0 Å². The normalized spacial score (nSPS) is 11.1. The lowest BCUT2D eigenvalue weighted by Gasteiger charge is -2.10. The van der Waals surface area contributed by atoms with Crippen molar-refractivity contribution in [2.75, 3.05) is 5.75 Å². The molecule has 1 amide bonds. The maximum absolute atomic E-state index is 11.7. The highest BCUT2D eigenvalue weighted by Gasteiger charge is 2.08. The van der Waals surface area contributed by atoms with Crippen molar-refractivity contribution in [3.8, 4) is 0 Å². The van der Waals surface area contributed by atoms with Crippen molar-refractivity contribution >= 4 is 28.6 Å². The smallest absolute Gasteiger partial charge is 0.230 e. The fraction of sp³-hybridized carbons (Fsp3) is 0.375. The number of para-hydroxylation sites is 1. The molecule has 1 aromatic heterocycles. The van der Waals surface area contributed by atoms with Crippen LogP contribution in [0.3, 0.4) is 0 Å². The van der Waals surface area contributed by atoms with Crippen LogP contribution in [0.2, 0.25) is 0 Å². The number of rotatable bonds is 4. The van der Waals surface area contributed by atoms with E-state index in [1.165, 1.54) is 28.3 Å². The number of aryl methyl sites for hydroxylation is 2. The fourth-order valence-corrected chi connectivity index (χ4v) is 2.89. The molecule has 0 bridgehead atoms. The number of nitrogens with zero attached hydrogens (tertiary/aromatic N) is 1. The summed E-state index contributed by atoms with van der Waals surface area (Å²) in [5.74, 6) is 0.455. The number of amides is 1. The standard InChI is InChI=1S/C16H20N2OS/c1-10(2)17-14(19)9-20-15-8-12(4)13-7-5-6-11(3)16(13)18-15/h5-8,10H,9H2,1-4H3,(H,17,19). The van der Waals surface area contributed by atoms with Gasteiger partial charge in [-0.15, -0.1) is 0 Å². The number of hydrogen-bond donors (Lipinski definition) is 1. The predicted molar refractivity (Wildman–Crippen MR) is 85.2 cm³/mol. The molecule has 0 aliphatic carbocycles. The van der Waals surface area contributed by atoms with Crippen LogP contribution in [0.5, 0.6) is 0 Å². The second kappa shape index (κ2) is 6.27. The lowest BCUT2D eigenvalue weighted by molar-refractivity contribution is -0.119. The molecule has 2 aromatic rings. The van der Waals surface area contributed by atoms with E-state index in [4.69, 9.17) is 0 Å². The van der Waals surface area contributed by atoms with Crippen LogP contribution in [0.4, 0.5) is 0 Å². The van der Waals surface area contributed by atoms with Gasteiger partial charge in [0.15, 0.2) is 0 Å². The summed E-state index contributed by atoms with van der Waals surface area (Å²) >= 11 is 1.49. The van der Waals surface area contributed by atoms with Crippen molar-refractivity contribution in [3.63, 3.8) is 0 Å². The summed E-state index contributed by atoms with van der Waals surface area (Å²) in [7, 11) is 0. The zero-order valence-corrected chi connectivity index (χ0v) is 13.2. The van der Waals surface area contributed by atoms with Crippen LogP contribution in [0, 0.1) is 13.8 Å². The molecule has 0 radical (unpaired) electrons. The molecule has 0 unspecified atom stereocenters. The minimum absolute atomic E-state index is 0.0503. The van der Waals surface area contributed by atoms with Crippen molar-refractivity contribution < 1.29 is 4.79 Å². The lowest BCUT2D eigenvalue weighted by atomic mass is 10.1.